The topological polar surface area (TPSA) is 74.6 Å². The van der Waals surface area contributed by atoms with Crippen molar-refractivity contribution >= 4 is 12.1 Å². The Morgan fingerprint density at radius 1 is 1.25 bits per heavy atom. The van der Waals surface area contributed by atoms with Gasteiger partial charge < -0.3 is 10.2 Å². The van der Waals surface area contributed by atoms with Crippen molar-refractivity contribution in [3.63, 3.8) is 0 Å². The zero-order valence-corrected chi connectivity index (χ0v) is 14.8. The number of carbonyl (C=O) groups excluding carboxylic acids is 2. The molecule has 0 aliphatic heterocycles. The highest BCUT2D eigenvalue weighted by atomic mass is 16.3. The smallest absolute Gasteiger partial charge is 0.187 e. The predicted octanol–water partition coefficient (Wildman–Crippen LogP) is 2.59. The van der Waals surface area contributed by atoms with Gasteiger partial charge >= 0.3 is 0 Å². The molecule has 1 saturated carbocycles. The van der Waals surface area contributed by atoms with Gasteiger partial charge in [-0.1, -0.05) is 32.9 Å². The van der Waals surface area contributed by atoms with Crippen LogP contribution in [0.4, 0.5) is 0 Å². The molecule has 4 heteroatoms. The minimum Gasteiger partial charge on any atom is -0.393 e. The van der Waals surface area contributed by atoms with E-state index < -0.39 is 17.6 Å². The molecule has 0 unspecified atom stereocenters. The number of Topliss-reactive ketones (excluding diaryl/α,β-unsaturated/α-hetero) is 1. The van der Waals surface area contributed by atoms with E-state index in [0.29, 0.717) is 24.0 Å². The predicted molar refractivity (Wildman–Crippen MR) is 91.2 cm³/mol. The van der Waals surface area contributed by atoms with Crippen LogP contribution in [0, 0.1) is 22.7 Å². The van der Waals surface area contributed by atoms with Gasteiger partial charge in [-0.2, -0.15) is 0 Å². The summed E-state index contributed by atoms with van der Waals surface area (Å²) in [6.07, 6.45) is 2.76. The van der Waals surface area contributed by atoms with Gasteiger partial charge in [0.15, 0.2) is 5.78 Å². The molecule has 0 aromatic heterocycles. The minimum atomic E-state index is -1.08. The van der Waals surface area contributed by atoms with Gasteiger partial charge in [-0.25, -0.2) is 0 Å². The van der Waals surface area contributed by atoms with Crippen LogP contribution in [-0.4, -0.2) is 34.5 Å². The summed E-state index contributed by atoms with van der Waals surface area (Å²) in [5, 5.41) is 21.3. The van der Waals surface area contributed by atoms with Crippen LogP contribution in [0.1, 0.15) is 52.9 Å². The zero-order chi connectivity index (χ0) is 17.9. The Kier molecular flexibility index (Phi) is 4.12. The van der Waals surface area contributed by atoms with Gasteiger partial charge in [0.2, 0.25) is 0 Å². The van der Waals surface area contributed by atoms with Crippen molar-refractivity contribution in [2.75, 3.05) is 0 Å². The number of rotatable bonds is 2. The molecule has 0 aromatic carbocycles. The van der Waals surface area contributed by atoms with Crippen LogP contribution >= 0.6 is 0 Å². The van der Waals surface area contributed by atoms with Crippen LogP contribution < -0.4 is 0 Å². The second-order valence-corrected chi connectivity index (χ2v) is 8.67. The van der Waals surface area contributed by atoms with Gasteiger partial charge in [0, 0.05) is 5.92 Å². The van der Waals surface area contributed by atoms with Gasteiger partial charge in [0.25, 0.3) is 0 Å². The molecule has 0 spiro atoms. The van der Waals surface area contributed by atoms with Crippen molar-refractivity contribution in [2.24, 2.45) is 22.7 Å². The molecule has 3 rings (SSSR count). The lowest BCUT2D eigenvalue weighted by molar-refractivity contribution is -0.156. The van der Waals surface area contributed by atoms with E-state index in [4.69, 9.17) is 0 Å². The fourth-order valence-corrected chi connectivity index (χ4v) is 5.65. The average molecular weight is 332 g/mol. The number of aliphatic hydroxyl groups excluding tert-OH is 2. The van der Waals surface area contributed by atoms with E-state index in [2.05, 4.69) is 13.5 Å². The van der Waals surface area contributed by atoms with Crippen molar-refractivity contribution in [2.45, 2.75) is 65.1 Å². The van der Waals surface area contributed by atoms with Gasteiger partial charge in [-0.15, -0.1) is 0 Å². The van der Waals surface area contributed by atoms with Crippen LogP contribution in [0.15, 0.2) is 23.3 Å². The van der Waals surface area contributed by atoms with E-state index >= 15 is 0 Å². The van der Waals surface area contributed by atoms with Gasteiger partial charge in [0.1, 0.15) is 12.4 Å². The summed E-state index contributed by atoms with van der Waals surface area (Å²) in [5.41, 5.74) is 1.63. The molecule has 5 atom stereocenters. The lowest BCUT2D eigenvalue weighted by atomic mass is 9.47. The average Bonchev–Trinajstić information content (AvgIpc) is 2.55. The van der Waals surface area contributed by atoms with Crippen molar-refractivity contribution in [3.8, 4) is 0 Å². The largest absolute Gasteiger partial charge is 0.393 e. The number of carbonyl (C=O) groups is 2. The third kappa shape index (κ3) is 2.26. The fraction of sp³-hybridized carbons (Fsp3) is 0.700. The second-order valence-electron chi connectivity index (χ2n) is 8.67. The highest BCUT2D eigenvalue weighted by molar-refractivity contribution is 6.01. The van der Waals surface area contributed by atoms with Gasteiger partial charge in [-0.05, 0) is 60.0 Å². The maximum atomic E-state index is 12.9. The molecule has 3 aliphatic carbocycles. The molecular weight excluding hydrogens is 304 g/mol. The first-order valence-corrected chi connectivity index (χ1v) is 8.91. The number of ketones is 1. The van der Waals surface area contributed by atoms with Crippen molar-refractivity contribution in [1.29, 1.82) is 0 Å². The third-order valence-electron chi connectivity index (χ3n) is 7.09. The maximum Gasteiger partial charge on any atom is 0.187 e. The molecule has 0 bridgehead atoms. The Balaban J connectivity index is 2.07. The minimum absolute atomic E-state index is 0.000240. The zero-order valence-electron chi connectivity index (χ0n) is 14.8. The molecule has 0 heterocycles. The SMILES string of the molecule is C=C(C=O)[C@@H]1CCC2=C(C1)C(=O)[C@@H](O)[C@@H]1C(C)(C)[C@H](O)CC[C@@]21C. The van der Waals surface area contributed by atoms with Crippen LogP contribution in [0.25, 0.3) is 0 Å². The van der Waals surface area contributed by atoms with Crippen LogP contribution in [0.5, 0.6) is 0 Å². The molecule has 0 saturated heterocycles. The van der Waals surface area contributed by atoms with E-state index in [1.54, 1.807) is 0 Å². The van der Waals surface area contributed by atoms with Crippen LogP contribution in [0.3, 0.4) is 0 Å². The van der Waals surface area contributed by atoms with Crippen LogP contribution in [0.2, 0.25) is 0 Å². The van der Waals surface area contributed by atoms with E-state index in [1.807, 2.05) is 13.8 Å². The molecule has 4 nitrogen and oxygen atoms in total. The number of aliphatic hydroxyl groups is 2. The molecule has 24 heavy (non-hydrogen) atoms. The van der Waals surface area contributed by atoms with Crippen molar-refractivity contribution in [3.05, 3.63) is 23.3 Å². The highest BCUT2D eigenvalue weighted by Gasteiger charge is 2.60. The quantitative estimate of drug-likeness (QED) is 0.602. The summed E-state index contributed by atoms with van der Waals surface area (Å²) in [7, 11) is 0. The second kappa shape index (κ2) is 5.63. The van der Waals surface area contributed by atoms with Gasteiger partial charge in [-0.3, -0.25) is 9.59 Å². The molecule has 1 fully saturated rings. The number of hydrogen-bond donors (Lipinski definition) is 2. The van der Waals surface area contributed by atoms with Crippen LogP contribution in [-0.2, 0) is 9.59 Å². The summed E-state index contributed by atoms with van der Waals surface area (Å²) in [4.78, 5) is 23.9. The Morgan fingerprint density at radius 3 is 2.54 bits per heavy atom. The standard InChI is InChI=1S/C20H28O4/c1-11(10-21)12-5-6-14-13(9-12)16(23)17(24)18-19(2,3)15(22)7-8-20(14,18)4/h10,12,15,17-18,22,24H,1,5-9H2,2-4H3/t12-,15-,17-,18-,20+/m1/s1. The number of hydrogen-bond acceptors (Lipinski definition) is 4. The normalized spacial score (nSPS) is 41.5. The first-order valence-electron chi connectivity index (χ1n) is 8.91. The summed E-state index contributed by atoms with van der Waals surface area (Å²) in [5.74, 6) is -0.483. The first-order chi connectivity index (χ1) is 11.1. The van der Waals surface area contributed by atoms with E-state index in [9.17, 15) is 19.8 Å². The number of allylic oxidation sites excluding steroid dienone is 2. The lowest BCUT2D eigenvalue weighted by Crippen LogP contribution is -2.60. The van der Waals surface area contributed by atoms with E-state index in [-0.39, 0.29) is 23.0 Å². The Hall–Kier alpha value is -1.26. The Bertz CT molecular complexity index is 630. The molecule has 132 valence electrons. The molecule has 3 aliphatic rings. The molecular formula is C20H28O4. The lowest BCUT2D eigenvalue weighted by Gasteiger charge is -2.58. The number of fused-ring (bicyclic) bond motifs is 2. The van der Waals surface area contributed by atoms with Crippen molar-refractivity contribution < 1.29 is 19.8 Å². The fourth-order valence-electron chi connectivity index (χ4n) is 5.65. The highest BCUT2D eigenvalue weighted by Crippen LogP contribution is 2.61. The molecule has 0 radical (unpaired) electrons. The summed E-state index contributed by atoms with van der Waals surface area (Å²) in [6, 6.07) is 0. The van der Waals surface area contributed by atoms with E-state index in [0.717, 1.165) is 31.1 Å². The third-order valence-corrected chi connectivity index (χ3v) is 7.09. The summed E-state index contributed by atoms with van der Waals surface area (Å²) < 4.78 is 0. The Morgan fingerprint density at radius 2 is 1.92 bits per heavy atom. The molecule has 2 N–H and O–H groups in total. The Labute approximate surface area is 143 Å². The molecule has 0 aromatic rings. The summed E-state index contributed by atoms with van der Waals surface area (Å²) >= 11 is 0. The number of aldehydes is 1. The van der Waals surface area contributed by atoms with Crippen molar-refractivity contribution in [1.82, 2.24) is 0 Å². The van der Waals surface area contributed by atoms with E-state index in [1.165, 1.54) is 0 Å². The monoisotopic (exact) mass is 332 g/mol. The van der Waals surface area contributed by atoms with Gasteiger partial charge in [0.05, 0.1) is 6.10 Å². The first kappa shape index (κ1) is 17.6. The maximum absolute atomic E-state index is 12.9. The molecule has 0 amide bonds. The summed E-state index contributed by atoms with van der Waals surface area (Å²) in [6.45, 7) is 9.88.